The lowest BCUT2D eigenvalue weighted by Gasteiger charge is -2.12. The van der Waals surface area contributed by atoms with Crippen molar-refractivity contribution in [3.05, 3.63) is 65.6 Å². The standard InChI is InChI=1S/C19H18FN3/c20-18-11-23-19(16-8-7-14(21)9-17(16)18)22-10-13-3-1-2-4-15(13)12-5-6-12/h1-4,7-9,11-12H,5-6,10,21H2,(H,22,23). The minimum atomic E-state index is -0.351. The van der Waals surface area contributed by atoms with Crippen molar-refractivity contribution in [2.45, 2.75) is 25.3 Å². The fraction of sp³-hybridized carbons (Fsp3) is 0.211. The van der Waals surface area contributed by atoms with E-state index in [0.29, 0.717) is 29.4 Å². The van der Waals surface area contributed by atoms with Gasteiger partial charge < -0.3 is 11.1 Å². The maximum Gasteiger partial charge on any atom is 0.149 e. The van der Waals surface area contributed by atoms with Crippen LogP contribution in [0.4, 0.5) is 15.9 Å². The van der Waals surface area contributed by atoms with Gasteiger partial charge in [0, 0.05) is 23.0 Å². The Morgan fingerprint density at radius 2 is 1.96 bits per heavy atom. The predicted molar refractivity (Wildman–Crippen MR) is 91.9 cm³/mol. The first-order valence-electron chi connectivity index (χ1n) is 7.88. The number of aromatic nitrogens is 1. The molecule has 3 N–H and O–H groups in total. The summed E-state index contributed by atoms with van der Waals surface area (Å²) >= 11 is 0. The number of hydrogen-bond donors (Lipinski definition) is 2. The molecule has 0 radical (unpaired) electrons. The maximum atomic E-state index is 13.9. The molecule has 1 saturated carbocycles. The van der Waals surface area contributed by atoms with E-state index >= 15 is 0 Å². The summed E-state index contributed by atoms with van der Waals surface area (Å²) in [5.41, 5.74) is 9.00. The second kappa shape index (κ2) is 5.54. The third-order valence-electron chi connectivity index (χ3n) is 4.38. The molecule has 0 amide bonds. The van der Waals surface area contributed by atoms with E-state index in [1.165, 1.54) is 30.2 Å². The zero-order valence-electron chi connectivity index (χ0n) is 12.7. The molecule has 4 rings (SSSR count). The van der Waals surface area contributed by atoms with Crippen molar-refractivity contribution in [2.24, 2.45) is 0 Å². The van der Waals surface area contributed by atoms with Crippen molar-refractivity contribution in [3.63, 3.8) is 0 Å². The summed E-state index contributed by atoms with van der Waals surface area (Å²) in [4.78, 5) is 4.21. The first-order valence-corrected chi connectivity index (χ1v) is 7.88. The number of benzene rings is 2. The van der Waals surface area contributed by atoms with E-state index in [4.69, 9.17) is 5.73 Å². The van der Waals surface area contributed by atoms with Crippen LogP contribution in [-0.2, 0) is 6.54 Å². The number of hydrogen-bond acceptors (Lipinski definition) is 3. The fourth-order valence-corrected chi connectivity index (χ4v) is 3.03. The van der Waals surface area contributed by atoms with Crippen molar-refractivity contribution in [1.29, 1.82) is 0 Å². The van der Waals surface area contributed by atoms with E-state index in [1.54, 1.807) is 12.1 Å². The molecular weight excluding hydrogens is 289 g/mol. The van der Waals surface area contributed by atoms with Gasteiger partial charge in [-0.1, -0.05) is 24.3 Å². The van der Waals surface area contributed by atoms with E-state index in [-0.39, 0.29) is 5.82 Å². The number of anilines is 2. The molecule has 1 heterocycles. The molecule has 3 aromatic rings. The van der Waals surface area contributed by atoms with Gasteiger partial charge >= 0.3 is 0 Å². The molecular formula is C19H18FN3. The van der Waals surface area contributed by atoms with Crippen LogP contribution < -0.4 is 11.1 Å². The van der Waals surface area contributed by atoms with Crippen LogP contribution in [0.25, 0.3) is 10.8 Å². The molecule has 0 saturated heterocycles. The number of halogens is 1. The van der Waals surface area contributed by atoms with Crippen LogP contribution in [-0.4, -0.2) is 4.98 Å². The van der Waals surface area contributed by atoms with Crippen molar-refractivity contribution < 1.29 is 4.39 Å². The van der Waals surface area contributed by atoms with Gasteiger partial charge in [0.25, 0.3) is 0 Å². The zero-order valence-corrected chi connectivity index (χ0v) is 12.7. The second-order valence-electron chi connectivity index (χ2n) is 6.09. The lowest BCUT2D eigenvalue weighted by atomic mass is 10.0. The highest BCUT2D eigenvalue weighted by Crippen LogP contribution is 2.41. The van der Waals surface area contributed by atoms with Crippen LogP contribution in [0.3, 0.4) is 0 Å². The second-order valence-corrected chi connectivity index (χ2v) is 6.09. The lowest BCUT2D eigenvalue weighted by molar-refractivity contribution is 0.634. The van der Waals surface area contributed by atoms with Gasteiger partial charge in [-0.15, -0.1) is 0 Å². The molecule has 116 valence electrons. The minimum Gasteiger partial charge on any atom is -0.399 e. The molecule has 0 aliphatic heterocycles. The Morgan fingerprint density at radius 1 is 1.13 bits per heavy atom. The van der Waals surface area contributed by atoms with E-state index in [0.717, 1.165) is 5.39 Å². The highest BCUT2D eigenvalue weighted by molar-refractivity contribution is 5.94. The van der Waals surface area contributed by atoms with Gasteiger partial charge in [-0.3, -0.25) is 0 Å². The average molecular weight is 307 g/mol. The first kappa shape index (κ1) is 14.0. The Labute approximate surface area is 134 Å². The quantitative estimate of drug-likeness (QED) is 0.700. The predicted octanol–water partition coefficient (Wildman–Crippen LogP) is 4.45. The van der Waals surface area contributed by atoms with Crippen LogP contribution in [0, 0.1) is 5.82 Å². The lowest BCUT2D eigenvalue weighted by Crippen LogP contribution is -2.05. The summed E-state index contributed by atoms with van der Waals surface area (Å²) in [6.45, 7) is 0.685. The number of nitrogens with one attached hydrogen (secondary N) is 1. The zero-order chi connectivity index (χ0) is 15.8. The van der Waals surface area contributed by atoms with Gasteiger partial charge in [0.1, 0.15) is 11.6 Å². The Morgan fingerprint density at radius 3 is 2.78 bits per heavy atom. The summed E-state index contributed by atoms with van der Waals surface area (Å²) in [7, 11) is 0. The summed E-state index contributed by atoms with van der Waals surface area (Å²) in [6, 6.07) is 13.7. The van der Waals surface area contributed by atoms with E-state index < -0.39 is 0 Å². The average Bonchev–Trinajstić information content (AvgIpc) is 3.40. The molecule has 23 heavy (non-hydrogen) atoms. The molecule has 0 spiro atoms. The summed E-state index contributed by atoms with van der Waals surface area (Å²) in [6.07, 6.45) is 3.79. The summed E-state index contributed by atoms with van der Waals surface area (Å²) in [5, 5.41) is 4.61. The van der Waals surface area contributed by atoms with Crippen LogP contribution in [0.1, 0.15) is 29.9 Å². The smallest absolute Gasteiger partial charge is 0.149 e. The molecule has 3 nitrogen and oxygen atoms in total. The molecule has 1 aliphatic carbocycles. The Balaban J connectivity index is 1.65. The summed E-state index contributed by atoms with van der Waals surface area (Å²) in [5.74, 6) is 1.04. The van der Waals surface area contributed by atoms with Crippen molar-refractivity contribution in [1.82, 2.24) is 4.98 Å². The maximum absolute atomic E-state index is 13.9. The summed E-state index contributed by atoms with van der Waals surface area (Å²) < 4.78 is 13.9. The van der Waals surface area contributed by atoms with Gasteiger partial charge in [0.2, 0.25) is 0 Å². The molecule has 0 bridgehead atoms. The number of fused-ring (bicyclic) bond motifs is 1. The van der Waals surface area contributed by atoms with Crippen LogP contribution in [0.15, 0.2) is 48.7 Å². The topological polar surface area (TPSA) is 50.9 Å². The van der Waals surface area contributed by atoms with Gasteiger partial charge in [0.15, 0.2) is 0 Å². The normalized spacial score (nSPS) is 14.1. The molecule has 4 heteroatoms. The van der Waals surface area contributed by atoms with E-state index in [2.05, 4.69) is 34.6 Å². The molecule has 0 atom stereocenters. The number of nitrogen functional groups attached to an aromatic ring is 1. The minimum absolute atomic E-state index is 0.351. The third-order valence-corrected chi connectivity index (χ3v) is 4.38. The Bertz CT molecular complexity index is 872. The number of pyridine rings is 1. The van der Waals surface area contributed by atoms with E-state index in [9.17, 15) is 4.39 Å². The van der Waals surface area contributed by atoms with Gasteiger partial charge in [-0.25, -0.2) is 9.37 Å². The number of nitrogens with zero attached hydrogens (tertiary/aromatic N) is 1. The SMILES string of the molecule is Nc1ccc2c(NCc3ccccc3C3CC3)ncc(F)c2c1. The van der Waals surface area contributed by atoms with Crippen molar-refractivity contribution in [3.8, 4) is 0 Å². The molecule has 2 aromatic carbocycles. The molecule has 1 aliphatic rings. The Hall–Kier alpha value is -2.62. The third kappa shape index (κ3) is 2.72. The van der Waals surface area contributed by atoms with Crippen LogP contribution >= 0.6 is 0 Å². The largest absolute Gasteiger partial charge is 0.399 e. The number of rotatable bonds is 4. The number of nitrogens with two attached hydrogens (primary N) is 1. The van der Waals surface area contributed by atoms with Gasteiger partial charge in [-0.05, 0) is 48.1 Å². The highest BCUT2D eigenvalue weighted by Gasteiger charge is 2.25. The van der Waals surface area contributed by atoms with Crippen molar-refractivity contribution >= 4 is 22.3 Å². The van der Waals surface area contributed by atoms with Gasteiger partial charge in [0.05, 0.1) is 6.20 Å². The van der Waals surface area contributed by atoms with E-state index in [1.807, 2.05) is 6.07 Å². The monoisotopic (exact) mass is 307 g/mol. The van der Waals surface area contributed by atoms with Crippen molar-refractivity contribution in [2.75, 3.05) is 11.1 Å². The van der Waals surface area contributed by atoms with Gasteiger partial charge in [-0.2, -0.15) is 0 Å². The highest BCUT2D eigenvalue weighted by atomic mass is 19.1. The molecule has 0 unspecified atom stereocenters. The van der Waals surface area contributed by atoms with Crippen LogP contribution in [0.5, 0.6) is 0 Å². The molecule has 1 aromatic heterocycles. The van der Waals surface area contributed by atoms with Crippen LogP contribution in [0.2, 0.25) is 0 Å². The Kier molecular flexibility index (Phi) is 3.37. The first-order chi connectivity index (χ1) is 11.2. The molecule has 1 fully saturated rings. The fourth-order valence-electron chi connectivity index (χ4n) is 3.03.